The van der Waals surface area contributed by atoms with Gasteiger partial charge in [0.25, 0.3) is 0 Å². The van der Waals surface area contributed by atoms with Crippen LogP contribution in [-0.2, 0) is 20.9 Å². The minimum Gasteiger partial charge on any atom is -0.497 e. The largest absolute Gasteiger partial charge is 0.497 e. The van der Waals surface area contributed by atoms with E-state index >= 15 is 0 Å². The van der Waals surface area contributed by atoms with Gasteiger partial charge in [0.15, 0.2) is 5.17 Å². The number of thioether (sulfide) groups is 1. The number of methoxy groups -OCH3 is 1. The van der Waals surface area contributed by atoms with Crippen LogP contribution < -0.4 is 10.1 Å². The Labute approximate surface area is 219 Å². The molecule has 0 saturated carbocycles. The lowest BCUT2D eigenvalue weighted by Gasteiger charge is -2.32. The number of ether oxygens (including phenoxy) is 2. The average Bonchev–Trinajstić information content (AvgIpc) is 2.91. The number of rotatable bonds is 8. The average molecular weight is 518 g/mol. The zero-order valence-corrected chi connectivity index (χ0v) is 21.4. The number of anilines is 1. The van der Waals surface area contributed by atoms with E-state index in [4.69, 9.17) is 14.5 Å². The van der Waals surface area contributed by atoms with E-state index in [9.17, 15) is 14.4 Å². The first-order valence-electron chi connectivity index (χ1n) is 11.8. The molecular weight excluding hydrogens is 490 g/mol. The summed E-state index contributed by atoms with van der Waals surface area (Å²) in [6, 6.07) is 23.3. The molecular formula is C28H27N3O5S. The minimum atomic E-state index is -0.664. The molecule has 0 aliphatic carbocycles. The summed E-state index contributed by atoms with van der Waals surface area (Å²) in [5, 5.41) is 2.62. The SMILES string of the molecule is CCOC(=O)c1ccc(N=C2SC(C(=O)Nc3cccc(OC)c3)CC(=O)N2Cc2ccccc2)cc1. The topological polar surface area (TPSA) is 97.3 Å². The normalized spacial score (nSPS) is 16.4. The third kappa shape index (κ3) is 6.77. The van der Waals surface area contributed by atoms with Gasteiger partial charge in [-0.05, 0) is 48.9 Å². The standard InChI is InChI=1S/C28H27N3O5S/c1-3-36-27(34)20-12-14-21(15-13-20)30-28-31(18-19-8-5-4-6-9-19)25(32)17-24(37-28)26(33)29-22-10-7-11-23(16-22)35-2/h4-16,24H,3,17-18H2,1-2H3,(H,29,33). The lowest BCUT2D eigenvalue weighted by atomic mass is 10.2. The maximum atomic E-state index is 13.3. The van der Waals surface area contributed by atoms with Gasteiger partial charge in [-0.15, -0.1) is 0 Å². The Bertz CT molecular complexity index is 1290. The molecule has 0 spiro atoms. The summed E-state index contributed by atoms with van der Waals surface area (Å²) in [5.74, 6) is -0.289. The molecule has 1 atom stereocenters. The van der Waals surface area contributed by atoms with Crippen molar-refractivity contribution in [3.8, 4) is 5.75 Å². The molecule has 1 aliphatic rings. The van der Waals surface area contributed by atoms with Crippen molar-refractivity contribution in [1.82, 2.24) is 4.90 Å². The Morgan fingerprint density at radius 2 is 1.81 bits per heavy atom. The van der Waals surface area contributed by atoms with Crippen LogP contribution in [0.5, 0.6) is 5.75 Å². The lowest BCUT2D eigenvalue weighted by Crippen LogP contribution is -2.44. The van der Waals surface area contributed by atoms with E-state index < -0.39 is 11.2 Å². The number of esters is 1. The number of amides is 2. The summed E-state index contributed by atoms with van der Waals surface area (Å²) in [5.41, 5.74) is 2.49. The van der Waals surface area contributed by atoms with Crippen molar-refractivity contribution >= 4 is 46.1 Å². The molecule has 1 N–H and O–H groups in total. The fourth-order valence-electron chi connectivity index (χ4n) is 3.68. The van der Waals surface area contributed by atoms with E-state index in [0.717, 1.165) is 5.56 Å². The second kappa shape index (κ2) is 12.2. The van der Waals surface area contributed by atoms with E-state index in [1.165, 1.54) is 11.8 Å². The molecule has 9 heteroatoms. The van der Waals surface area contributed by atoms with Crippen LogP contribution in [0.25, 0.3) is 0 Å². The Morgan fingerprint density at radius 3 is 2.51 bits per heavy atom. The first-order valence-corrected chi connectivity index (χ1v) is 12.7. The van der Waals surface area contributed by atoms with Gasteiger partial charge in [-0.1, -0.05) is 48.2 Å². The van der Waals surface area contributed by atoms with Gasteiger partial charge in [0.2, 0.25) is 11.8 Å². The van der Waals surface area contributed by atoms with Crippen molar-refractivity contribution in [2.45, 2.75) is 25.1 Å². The highest BCUT2D eigenvalue weighted by Crippen LogP contribution is 2.31. The van der Waals surface area contributed by atoms with Crippen molar-refractivity contribution in [1.29, 1.82) is 0 Å². The van der Waals surface area contributed by atoms with E-state index in [-0.39, 0.29) is 24.8 Å². The third-order valence-electron chi connectivity index (χ3n) is 5.56. The van der Waals surface area contributed by atoms with Gasteiger partial charge in [-0.25, -0.2) is 9.79 Å². The smallest absolute Gasteiger partial charge is 0.338 e. The van der Waals surface area contributed by atoms with Crippen molar-refractivity contribution in [3.63, 3.8) is 0 Å². The zero-order valence-electron chi connectivity index (χ0n) is 20.5. The van der Waals surface area contributed by atoms with Gasteiger partial charge in [0.05, 0.1) is 31.5 Å². The minimum absolute atomic E-state index is 0.0358. The van der Waals surface area contributed by atoms with E-state index in [2.05, 4.69) is 5.32 Å². The van der Waals surface area contributed by atoms with Crippen molar-refractivity contribution in [3.05, 3.63) is 90.0 Å². The number of nitrogens with zero attached hydrogens (tertiary/aromatic N) is 2. The van der Waals surface area contributed by atoms with Crippen LogP contribution >= 0.6 is 11.8 Å². The van der Waals surface area contributed by atoms with Crippen molar-refractivity contribution in [2.24, 2.45) is 4.99 Å². The monoisotopic (exact) mass is 517 g/mol. The molecule has 1 fully saturated rings. The number of hydrogen-bond acceptors (Lipinski definition) is 7. The molecule has 0 aromatic heterocycles. The highest BCUT2D eigenvalue weighted by molar-refractivity contribution is 8.15. The number of hydrogen-bond donors (Lipinski definition) is 1. The van der Waals surface area contributed by atoms with Gasteiger partial charge in [-0.3, -0.25) is 14.5 Å². The summed E-state index contributed by atoms with van der Waals surface area (Å²) >= 11 is 1.23. The number of nitrogens with one attached hydrogen (secondary N) is 1. The molecule has 0 radical (unpaired) electrons. The Balaban J connectivity index is 1.58. The van der Waals surface area contributed by atoms with Crippen LogP contribution in [0.4, 0.5) is 11.4 Å². The summed E-state index contributed by atoms with van der Waals surface area (Å²) in [6.45, 7) is 2.36. The quantitative estimate of drug-likeness (QED) is 0.421. The second-order valence-corrected chi connectivity index (χ2v) is 9.33. The van der Waals surface area contributed by atoms with E-state index in [0.29, 0.717) is 34.4 Å². The summed E-state index contributed by atoms with van der Waals surface area (Å²) in [4.78, 5) is 44.6. The first kappa shape index (κ1) is 26.0. The fourth-order valence-corrected chi connectivity index (χ4v) is 4.78. The van der Waals surface area contributed by atoms with Crippen LogP contribution in [0.15, 0.2) is 83.9 Å². The molecule has 0 bridgehead atoms. The molecule has 8 nitrogen and oxygen atoms in total. The van der Waals surface area contributed by atoms with E-state index in [1.54, 1.807) is 67.5 Å². The predicted octanol–water partition coefficient (Wildman–Crippen LogP) is 5.03. The molecule has 2 amide bonds. The van der Waals surface area contributed by atoms with Crippen molar-refractivity contribution < 1.29 is 23.9 Å². The molecule has 37 heavy (non-hydrogen) atoms. The number of benzene rings is 3. The molecule has 3 aromatic carbocycles. The van der Waals surface area contributed by atoms with Gasteiger partial charge >= 0.3 is 5.97 Å². The summed E-state index contributed by atoms with van der Waals surface area (Å²) in [7, 11) is 1.56. The van der Waals surface area contributed by atoms with Crippen LogP contribution in [0.2, 0.25) is 0 Å². The molecule has 3 aromatic rings. The highest BCUT2D eigenvalue weighted by atomic mass is 32.2. The molecule has 4 rings (SSSR count). The third-order valence-corrected chi connectivity index (χ3v) is 6.74. The highest BCUT2D eigenvalue weighted by Gasteiger charge is 2.36. The number of carbonyl (C=O) groups is 3. The maximum Gasteiger partial charge on any atom is 0.338 e. The molecule has 190 valence electrons. The van der Waals surface area contributed by atoms with Gasteiger partial charge in [0.1, 0.15) is 11.0 Å². The molecule has 1 unspecified atom stereocenters. The second-order valence-electron chi connectivity index (χ2n) is 8.16. The number of amidine groups is 1. The summed E-state index contributed by atoms with van der Waals surface area (Å²) < 4.78 is 10.3. The maximum absolute atomic E-state index is 13.3. The first-order chi connectivity index (χ1) is 18.0. The van der Waals surface area contributed by atoms with Crippen LogP contribution in [0.1, 0.15) is 29.3 Å². The fraction of sp³-hybridized carbons (Fsp3) is 0.214. The number of aliphatic imine (C=N–C) groups is 1. The van der Waals surface area contributed by atoms with Gasteiger partial charge in [-0.2, -0.15) is 0 Å². The number of carbonyl (C=O) groups excluding carboxylic acids is 3. The zero-order chi connectivity index (χ0) is 26.2. The summed E-state index contributed by atoms with van der Waals surface area (Å²) in [6.07, 6.45) is 0.0358. The van der Waals surface area contributed by atoms with Gasteiger partial charge in [0, 0.05) is 18.2 Å². The molecule has 1 heterocycles. The Hall–Kier alpha value is -4.11. The molecule has 1 aliphatic heterocycles. The lowest BCUT2D eigenvalue weighted by molar-refractivity contribution is -0.129. The van der Waals surface area contributed by atoms with Crippen LogP contribution in [0, 0.1) is 0 Å². The predicted molar refractivity (Wildman–Crippen MR) is 144 cm³/mol. The Kier molecular flexibility index (Phi) is 8.58. The van der Waals surface area contributed by atoms with Gasteiger partial charge < -0.3 is 14.8 Å². The van der Waals surface area contributed by atoms with Crippen LogP contribution in [-0.4, -0.2) is 46.8 Å². The Morgan fingerprint density at radius 1 is 1.05 bits per heavy atom. The van der Waals surface area contributed by atoms with Crippen LogP contribution in [0.3, 0.4) is 0 Å². The van der Waals surface area contributed by atoms with E-state index in [1.807, 2.05) is 30.3 Å². The molecule has 1 saturated heterocycles. The van der Waals surface area contributed by atoms with Crippen molar-refractivity contribution in [2.75, 3.05) is 19.0 Å².